The summed E-state index contributed by atoms with van der Waals surface area (Å²) in [5.74, 6) is 0. The van der Waals surface area contributed by atoms with E-state index in [9.17, 15) is 20.2 Å². The van der Waals surface area contributed by atoms with Crippen molar-refractivity contribution in [2.24, 2.45) is 0 Å². The molecule has 0 bridgehead atoms. The second-order valence-electron chi connectivity index (χ2n) is 13.4. The van der Waals surface area contributed by atoms with Crippen molar-refractivity contribution in [1.29, 1.82) is 0 Å². The van der Waals surface area contributed by atoms with Gasteiger partial charge in [0.25, 0.3) is 10.2 Å². The molecule has 0 aliphatic heterocycles. The number of hydrogen-bond acceptors (Lipinski definition) is 8. The molecule has 0 aromatic rings. The van der Waals surface area contributed by atoms with E-state index in [0.29, 0.717) is 0 Å². The van der Waals surface area contributed by atoms with Gasteiger partial charge in [0, 0.05) is 13.1 Å². The van der Waals surface area contributed by atoms with Gasteiger partial charge in [-0.3, -0.25) is 0 Å². The second-order valence-corrected chi connectivity index (χ2v) is 13.4. The van der Waals surface area contributed by atoms with E-state index >= 15 is 0 Å². The van der Waals surface area contributed by atoms with Crippen LogP contribution in [0.2, 0.25) is 0 Å². The molecule has 0 aromatic carbocycles. The predicted octanol–water partition coefficient (Wildman–Crippen LogP) is 10.2. The van der Waals surface area contributed by atoms with Crippen LogP contribution in [0.5, 0.6) is 0 Å². The summed E-state index contributed by atoms with van der Waals surface area (Å²) < 4.78 is 0. The third kappa shape index (κ3) is 28.5. The molecule has 274 valence electrons. The fourth-order valence-corrected chi connectivity index (χ4v) is 6.22. The first-order valence-electron chi connectivity index (χ1n) is 19.4. The summed E-state index contributed by atoms with van der Waals surface area (Å²) in [5.41, 5.74) is 0. The van der Waals surface area contributed by atoms with E-state index in [-0.39, 0.29) is 13.1 Å². The fraction of sp³-hybridized carbons (Fsp3) is 1.00. The van der Waals surface area contributed by atoms with E-state index in [4.69, 9.17) is 9.68 Å². The summed E-state index contributed by atoms with van der Waals surface area (Å²) in [4.78, 5) is 38.3. The number of unbranched alkanes of at least 4 members (excludes halogenated alkanes) is 20. The largest absolute Gasteiger partial charge is 0.307 e. The summed E-state index contributed by atoms with van der Waals surface area (Å²) in [6, 6.07) is 0. The SMILES string of the molecule is CCCCCCCCN(CCCCCCCC)CC(O[N+](=O)[O-])C(CN(CCCCCCCC)CCCCCCCC)O[N+](=O)[O-]. The van der Waals surface area contributed by atoms with Crippen LogP contribution in [0, 0.1) is 20.2 Å². The zero-order valence-electron chi connectivity index (χ0n) is 30.6. The Morgan fingerprint density at radius 1 is 0.413 bits per heavy atom. The summed E-state index contributed by atoms with van der Waals surface area (Å²) in [7, 11) is 0. The van der Waals surface area contributed by atoms with Gasteiger partial charge in [-0.1, -0.05) is 156 Å². The monoisotopic (exact) mass is 659 g/mol. The highest BCUT2D eigenvalue weighted by Gasteiger charge is 2.32. The smallest absolute Gasteiger partial charge is 0.294 e. The standard InChI is InChI=1S/C36H74N4O6/c1-5-9-13-17-21-25-29-37(30-26-22-18-14-10-6-2)33-35(45-39(41)42)36(46-40(43)44)34-38(31-27-23-19-15-11-7-3)32-28-24-20-16-12-8-4/h35-36H,5-34H2,1-4H3. The molecule has 0 aliphatic rings. The Labute approximate surface area is 282 Å². The third-order valence-corrected chi connectivity index (χ3v) is 9.05. The highest BCUT2D eigenvalue weighted by molar-refractivity contribution is 4.78. The van der Waals surface area contributed by atoms with Crippen LogP contribution in [0.4, 0.5) is 0 Å². The summed E-state index contributed by atoms with van der Waals surface area (Å²) in [6.45, 7) is 12.6. The molecule has 0 N–H and O–H groups in total. The van der Waals surface area contributed by atoms with Crippen molar-refractivity contribution in [1.82, 2.24) is 9.80 Å². The molecule has 46 heavy (non-hydrogen) atoms. The van der Waals surface area contributed by atoms with Crippen molar-refractivity contribution in [2.75, 3.05) is 39.3 Å². The summed E-state index contributed by atoms with van der Waals surface area (Å²) in [6.07, 6.45) is 25.9. The van der Waals surface area contributed by atoms with E-state index < -0.39 is 22.4 Å². The highest BCUT2D eigenvalue weighted by atomic mass is 17.0. The van der Waals surface area contributed by atoms with Crippen LogP contribution in [0.3, 0.4) is 0 Å². The summed E-state index contributed by atoms with van der Waals surface area (Å²) >= 11 is 0. The molecule has 10 heteroatoms. The minimum Gasteiger partial charge on any atom is -0.307 e. The van der Waals surface area contributed by atoms with Gasteiger partial charge in [-0.15, -0.1) is 20.2 Å². The molecule has 0 amide bonds. The molecule has 0 saturated heterocycles. The normalized spacial score (nSPS) is 12.9. The maximum Gasteiger partial charge on any atom is 0.294 e. The lowest BCUT2D eigenvalue weighted by atomic mass is 10.1. The molecule has 0 radical (unpaired) electrons. The van der Waals surface area contributed by atoms with Crippen molar-refractivity contribution in [3.8, 4) is 0 Å². The molecule has 2 atom stereocenters. The van der Waals surface area contributed by atoms with Crippen molar-refractivity contribution >= 4 is 0 Å². The zero-order chi connectivity index (χ0) is 34.1. The van der Waals surface area contributed by atoms with Crippen LogP contribution in [-0.2, 0) is 9.68 Å². The van der Waals surface area contributed by atoms with Crippen molar-refractivity contribution in [2.45, 2.75) is 194 Å². The Morgan fingerprint density at radius 2 is 0.630 bits per heavy atom. The molecule has 0 heterocycles. The van der Waals surface area contributed by atoms with Gasteiger partial charge >= 0.3 is 0 Å². The maximum atomic E-state index is 11.7. The van der Waals surface area contributed by atoms with Gasteiger partial charge in [0.05, 0.1) is 0 Å². The lowest BCUT2D eigenvalue weighted by Gasteiger charge is -2.33. The number of hydrogen-bond donors (Lipinski definition) is 0. The third-order valence-electron chi connectivity index (χ3n) is 9.05. The Kier molecular flexibility index (Phi) is 32.0. The second kappa shape index (κ2) is 33.2. The molecular weight excluding hydrogens is 584 g/mol. The first kappa shape index (κ1) is 44.3. The Morgan fingerprint density at radius 3 is 0.848 bits per heavy atom. The zero-order valence-corrected chi connectivity index (χ0v) is 30.6. The Hall–Kier alpha value is -1.68. The van der Waals surface area contributed by atoms with Crippen molar-refractivity contribution in [3.05, 3.63) is 20.2 Å². The quantitative estimate of drug-likeness (QED) is 0.0368. The van der Waals surface area contributed by atoms with Gasteiger partial charge in [-0.2, -0.15) is 0 Å². The van der Waals surface area contributed by atoms with Crippen LogP contribution in [0.25, 0.3) is 0 Å². The first-order valence-corrected chi connectivity index (χ1v) is 19.4. The van der Waals surface area contributed by atoms with Crippen LogP contribution in [0.15, 0.2) is 0 Å². The van der Waals surface area contributed by atoms with E-state index in [1.807, 2.05) is 0 Å². The van der Waals surface area contributed by atoms with Gasteiger partial charge in [0.2, 0.25) is 0 Å². The van der Waals surface area contributed by atoms with E-state index in [2.05, 4.69) is 37.5 Å². The van der Waals surface area contributed by atoms with Crippen molar-refractivity contribution in [3.63, 3.8) is 0 Å². The maximum absolute atomic E-state index is 11.7. The van der Waals surface area contributed by atoms with Gasteiger partial charge in [0.1, 0.15) is 12.2 Å². The minimum atomic E-state index is -1.03. The summed E-state index contributed by atoms with van der Waals surface area (Å²) in [5, 5.41) is 21.8. The topological polar surface area (TPSA) is 111 Å². The van der Waals surface area contributed by atoms with E-state index in [0.717, 1.165) is 77.5 Å². The van der Waals surface area contributed by atoms with E-state index in [1.54, 1.807) is 0 Å². The van der Waals surface area contributed by atoms with Gasteiger partial charge < -0.3 is 19.5 Å². The first-order chi connectivity index (χ1) is 22.4. The molecule has 0 aromatic heterocycles. The van der Waals surface area contributed by atoms with Gasteiger partial charge in [-0.05, 0) is 51.9 Å². The molecule has 0 fully saturated rings. The van der Waals surface area contributed by atoms with Crippen LogP contribution >= 0.6 is 0 Å². The molecule has 0 spiro atoms. The van der Waals surface area contributed by atoms with Crippen LogP contribution in [0.1, 0.15) is 182 Å². The number of nitrogens with zero attached hydrogens (tertiary/aromatic N) is 4. The van der Waals surface area contributed by atoms with Crippen molar-refractivity contribution < 1.29 is 19.8 Å². The number of rotatable bonds is 37. The van der Waals surface area contributed by atoms with E-state index in [1.165, 1.54) is 103 Å². The molecule has 0 rings (SSSR count). The molecular formula is C36H74N4O6. The fourth-order valence-electron chi connectivity index (χ4n) is 6.22. The minimum absolute atomic E-state index is 0.255. The van der Waals surface area contributed by atoms with Crippen LogP contribution in [-0.4, -0.2) is 71.4 Å². The van der Waals surface area contributed by atoms with Gasteiger partial charge in [-0.25, -0.2) is 0 Å². The Balaban J connectivity index is 5.64. The lowest BCUT2D eigenvalue weighted by Crippen LogP contribution is -2.49. The molecule has 2 unspecified atom stereocenters. The highest BCUT2D eigenvalue weighted by Crippen LogP contribution is 2.16. The van der Waals surface area contributed by atoms with Crippen LogP contribution < -0.4 is 0 Å². The molecule has 10 nitrogen and oxygen atoms in total. The molecule has 0 saturated carbocycles. The molecule has 0 aliphatic carbocycles. The van der Waals surface area contributed by atoms with Gasteiger partial charge in [0.15, 0.2) is 0 Å². The lowest BCUT2D eigenvalue weighted by molar-refractivity contribution is -0.798. The average Bonchev–Trinajstić information content (AvgIpc) is 3.02. The predicted molar refractivity (Wildman–Crippen MR) is 190 cm³/mol. The Bertz CT molecular complexity index is 599. The average molecular weight is 659 g/mol.